The van der Waals surface area contributed by atoms with Crippen molar-refractivity contribution >= 4 is 11.8 Å². The molecule has 0 aliphatic carbocycles. The molecule has 0 radical (unpaired) electrons. The van der Waals surface area contributed by atoms with Crippen molar-refractivity contribution in [2.75, 3.05) is 32.7 Å². The predicted octanol–water partition coefficient (Wildman–Crippen LogP) is 0.940. The van der Waals surface area contributed by atoms with Gasteiger partial charge in [0.15, 0.2) is 0 Å². The highest BCUT2D eigenvalue weighted by atomic mass is 16.2. The van der Waals surface area contributed by atoms with Gasteiger partial charge in [-0.05, 0) is 52.0 Å². The molecule has 3 saturated heterocycles. The SMILES string of the molecule is CC(C)N1CCC(CN2CC(=O)N3CCCCC3C2=O)C1. The molecule has 0 aromatic heterocycles. The summed E-state index contributed by atoms with van der Waals surface area (Å²) in [6.45, 7) is 8.45. The zero-order chi connectivity index (χ0) is 15.0. The van der Waals surface area contributed by atoms with Crippen LogP contribution in [0.4, 0.5) is 0 Å². The van der Waals surface area contributed by atoms with Crippen LogP contribution >= 0.6 is 0 Å². The number of carbonyl (C=O) groups excluding carboxylic acids is 2. The van der Waals surface area contributed by atoms with Crippen LogP contribution in [0.5, 0.6) is 0 Å². The zero-order valence-corrected chi connectivity index (χ0v) is 13.3. The van der Waals surface area contributed by atoms with Crippen LogP contribution in [0, 0.1) is 5.92 Å². The van der Waals surface area contributed by atoms with Gasteiger partial charge in [-0.2, -0.15) is 0 Å². The van der Waals surface area contributed by atoms with Gasteiger partial charge in [-0.1, -0.05) is 0 Å². The highest BCUT2D eigenvalue weighted by Crippen LogP contribution is 2.25. The van der Waals surface area contributed by atoms with Crippen LogP contribution in [-0.4, -0.2) is 71.3 Å². The molecule has 0 saturated carbocycles. The molecule has 3 heterocycles. The van der Waals surface area contributed by atoms with Gasteiger partial charge in [0, 0.05) is 25.7 Å². The molecule has 0 bridgehead atoms. The van der Waals surface area contributed by atoms with E-state index in [0.29, 0.717) is 18.5 Å². The number of nitrogens with zero attached hydrogens (tertiary/aromatic N) is 3. The molecule has 0 aromatic rings. The maximum atomic E-state index is 12.6. The van der Waals surface area contributed by atoms with Gasteiger partial charge in [-0.15, -0.1) is 0 Å². The second kappa shape index (κ2) is 5.95. The number of rotatable bonds is 3. The maximum Gasteiger partial charge on any atom is 0.245 e. The molecule has 3 aliphatic heterocycles. The van der Waals surface area contributed by atoms with Gasteiger partial charge in [0.25, 0.3) is 0 Å². The summed E-state index contributed by atoms with van der Waals surface area (Å²) in [7, 11) is 0. The number of likely N-dealkylation sites (tertiary alicyclic amines) is 1. The number of fused-ring (bicyclic) bond motifs is 1. The minimum Gasteiger partial charge on any atom is -0.331 e. The Balaban J connectivity index is 1.61. The maximum absolute atomic E-state index is 12.6. The standard InChI is InChI=1S/C16H27N3O2/c1-12(2)17-8-6-13(9-17)10-18-11-15(20)19-7-4-3-5-14(19)16(18)21/h12-14H,3-11H2,1-2H3. The van der Waals surface area contributed by atoms with Crippen molar-refractivity contribution in [3.05, 3.63) is 0 Å². The number of hydrogen-bond donors (Lipinski definition) is 0. The van der Waals surface area contributed by atoms with Crippen molar-refractivity contribution in [3.8, 4) is 0 Å². The van der Waals surface area contributed by atoms with Crippen molar-refractivity contribution in [3.63, 3.8) is 0 Å². The van der Waals surface area contributed by atoms with E-state index in [1.165, 1.54) is 0 Å². The Hall–Kier alpha value is -1.10. The fourth-order valence-electron chi connectivity index (χ4n) is 3.98. The Kier molecular flexibility index (Phi) is 4.20. The highest BCUT2D eigenvalue weighted by Gasteiger charge is 2.41. The van der Waals surface area contributed by atoms with Gasteiger partial charge < -0.3 is 14.7 Å². The summed E-state index contributed by atoms with van der Waals surface area (Å²) in [5.41, 5.74) is 0. The molecule has 3 aliphatic rings. The van der Waals surface area contributed by atoms with E-state index < -0.39 is 0 Å². The van der Waals surface area contributed by atoms with Gasteiger partial charge in [-0.25, -0.2) is 0 Å². The Labute approximate surface area is 127 Å². The van der Waals surface area contributed by atoms with E-state index in [1.54, 1.807) is 0 Å². The third-order valence-electron chi connectivity index (χ3n) is 5.27. The minimum atomic E-state index is -0.164. The Morgan fingerprint density at radius 2 is 1.95 bits per heavy atom. The summed E-state index contributed by atoms with van der Waals surface area (Å²) in [6, 6.07) is 0.408. The molecule has 2 amide bonds. The Morgan fingerprint density at radius 1 is 1.14 bits per heavy atom. The molecular formula is C16H27N3O2. The molecular weight excluding hydrogens is 266 g/mol. The Bertz CT molecular complexity index is 424. The summed E-state index contributed by atoms with van der Waals surface area (Å²) in [5, 5.41) is 0. The van der Waals surface area contributed by atoms with Crippen molar-refractivity contribution in [2.45, 2.75) is 51.6 Å². The molecule has 2 atom stereocenters. The summed E-state index contributed by atoms with van der Waals surface area (Å²) in [6.07, 6.45) is 4.11. The molecule has 118 valence electrons. The van der Waals surface area contributed by atoms with E-state index in [4.69, 9.17) is 0 Å². The van der Waals surface area contributed by atoms with Gasteiger partial charge in [0.2, 0.25) is 11.8 Å². The first-order chi connectivity index (χ1) is 10.1. The second-order valence-electron chi connectivity index (χ2n) is 7.06. The molecule has 0 aromatic carbocycles. The van der Waals surface area contributed by atoms with E-state index in [-0.39, 0.29) is 17.9 Å². The topological polar surface area (TPSA) is 43.9 Å². The molecule has 0 spiro atoms. The molecule has 0 N–H and O–H groups in total. The van der Waals surface area contributed by atoms with Crippen molar-refractivity contribution in [2.24, 2.45) is 5.92 Å². The van der Waals surface area contributed by atoms with Crippen molar-refractivity contribution in [1.82, 2.24) is 14.7 Å². The van der Waals surface area contributed by atoms with E-state index in [2.05, 4.69) is 18.7 Å². The monoisotopic (exact) mass is 293 g/mol. The molecule has 2 unspecified atom stereocenters. The molecule has 3 rings (SSSR count). The van der Waals surface area contributed by atoms with Crippen LogP contribution in [-0.2, 0) is 9.59 Å². The lowest BCUT2D eigenvalue weighted by atomic mass is 9.97. The summed E-state index contributed by atoms with van der Waals surface area (Å²) < 4.78 is 0. The second-order valence-corrected chi connectivity index (χ2v) is 7.06. The first-order valence-corrected chi connectivity index (χ1v) is 8.38. The fourth-order valence-corrected chi connectivity index (χ4v) is 3.98. The summed E-state index contributed by atoms with van der Waals surface area (Å²) in [4.78, 5) is 31.0. The van der Waals surface area contributed by atoms with Crippen molar-refractivity contribution < 1.29 is 9.59 Å². The molecule has 3 fully saturated rings. The average molecular weight is 293 g/mol. The number of amides is 2. The highest BCUT2D eigenvalue weighted by molar-refractivity contribution is 5.95. The lowest BCUT2D eigenvalue weighted by molar-refractivity contribution is -0.158. The number of piperazine rings is 1. The van der Waals surface area contributed by atoms with E-state index in [0.717, 1.165) is 51.9 Å². The minimum absolute atomic E-state index is 0.151. The van der Waals surface area contributed by atoms with Crippen LogP contribution < -0.4 is 0 Å². The molecule has 21 heavy (non-hydrogen) atoms. The van der Waals surface area contributed by atoms with Gasteiger partial charge in [0.1, 0.15) is 6.04 Å². The molecule has 5 nitrogen and oxygen atoms in total. The Morgan fingerprint density at radius 3 is 2.67 bits per heavy atom. The quantitative estimate of drug-likeness (QED) is 0.778. The van der Waals surface area contributed by atoms with Crippen molar-refractivity contribution in [1.29, 1.82) is 0 Å². The third-order valence-corrected chi connectivity index (χ3v) is 5.27. The predicted molar refractivity (Wildman–Crippen MR) is 80.7 cm³/mol. The first-order valence-electron chi connectivity index (χ1n) is 8.38. The van der Waals surface area contributed by atoms with Gasteiger partial charge in [-0.3, -0.25) is 9.59 Å². The number of carbonyl (C=O) groups is 2. The third kappa shape index (κ3) is 2.93. The smallest absolute Gasteiger partial charge is 0.245 e. The van der Waals surface area contributed by atoms with Gasteiger partial charge >= 0.3 is 0 Å². The fraction of sp³-hybridized carbons (Fsp3) is 0.875. The van der Waals surface area contributed by atoms with E-state index in [1.807, 2.05) is 9.80 Å². The number of hydrogen-bond acceptors (Lipinski definition) is 3. The van der Waals surface area contributed by atoms with Crippen LogP contribution in [0.25, 0.3) is 0 Å². The average Bonchev–Trinajstić information content (AvgIpc) is 2.93. The van der Waals surface area contributed by atoms with Crippen LogP contribution in [0.1, 0.15) is 39.5 Å². The van der Waals surface area contributed by atoms with Crippen LogP contribution in [0.2, 0.25) is 0 Å². The lowest BCUT2D eigenvalue weighted by Gasteiger charge is -2.43. The van der Waals surface area contributed by atoms with E-state index >= 15 is 0 Å². The van der Waals surface area contributed by atoms with Crippen LogP contribution in [0.15, 0.2) is 0 Å². The number of piperidine rings is 1. The summed E-state index contributed by atoms with van der Waals surface area (Å²) in [5.74, 6) is 0.870. The lowest BCUT2D eigenvalue weighted by Crippen LogP contribution is -2.61. The molecule has 5 heteroatoms. The largest absolute Gasteiger partial charge is 0.331 e. The van der Waals surface area contributed by atoms with E-state index in [9.17, 15) is 9.59 Å². The summed E-state index contributed by atoms with van der Waals surface area (Å²) >= 11 is 0. The van der Waals surface area contributed by atoms with Gasteiger partial charge in [0.05, 0.1) is 6.54 Å². The van der Waals surface area contributed by atoms with Crippen LogP contribution in [0.3, 0.4) is 0 Å². The zero-order valence-electron chi connectivity index (χ0n) is 13.3. The first kappa shape index (κ1) is 14.8. The normalized spacial score (nSPS) is 31.2.